The lowest BCUT2D eigenvalue weighted by molar-refractivity contribution is -0.140. The smallest absolute Gasteiger partial charge is 0.338 e. The van der Waals surface area contributed by atoms with Crippen molar-refractivity contribution in [2.75, 3.05) is 26.9 Å². The molecule has 1 atom stereocenters. The van der Waals surface area contributed by atoms with Gasteiger partial charge in [-0.05, 0) is 54.8 Å². The molecule has 1 aliphatic heterocycles. The van der Waals surface area contributed by atoms with Crippen LogP contribution in [-0.4, -0.2) is 37.5 Å². The molecule has 0 N–H and O–H groups in total. The molecule has 38 heavy (non-hydrogen) atoms. The molecule has 4 rings (SSSR count). The Kier molecular flexibility index (Phi) is 9.44. The number of allylic oxidation sites excluding steroid dienone is 1. The number of carbonyl (C=O) groups excluding carboxylic acids is 1. The van der Waals surface area contributed by atoms with Crippen LogP contribution < -0.4 is 19.6 Å². The van der Waals surface area contributed by atoms with Crippen molar-refractivity contribution in [3.63, 3.8) is 0 Å². The summed E-state index contributed by atoms with van der Waals surface area (Å²) in [5.74, 6) is 0.175. The molecule has 0 radical (unpaired) electrons. The number of nitrogens with zero attached hydrogens (tertiary/aromatic N) is 2. The van der Waals surface area contributed by atoms with Crippen molar-refractivity contribution in [1.29, 1.82) is 0 Å². The Labute approximate surface area is 234 Å². The fourth-order valence-electron chi connectivity index (χ4n) is 4.03. The molecule has 200 valence electrons. The maximum Gasteiger partial charge on any atom is 0.338 e. The van der Waals surface area contributed by atoms with Gasteiger partial charge in [-0.2, -0.15) is 0 Å². The zero-order valence-corrected chi connectivity index (χ0v) is 23.7. The van der Waals surface area contributed by atoms with Crippen LogP contribution in [0.25, 0.3) is 6.08 Å². The molecule has 3 aromatic rings. The maximum absolute atomic E-state index is 13.7. The summed E-state index contributed by atoms with van der Waals surface area (Å²) >= 11 is 13.5. The van der Waals surface area contributed by atoms with E-state index in [1.165, 1.54) is 18.4 Å². The van der Waals surface area contributed by atoms with Gasteiger partial charge < -0.3 is 14.2 Å². The molecule has 1 unspecified atom stereocenters. The number of hydrogen-bond acceptors (Lipinski definition) is 7. The Morgan fingerprint density at radius 1 is 1.11 bits per heavy atom. The van der Waals surface area contributed by atoms with Gasteiger partial charge >= 0.3 is 5.97 Å². The number of methoxy groups -OCH3 is 1. The molecule has 1 aromatic heterocycles. The van der Waals surface area contributed by atoms with Crippen LogP contribution in [0.2, 0.25) is 10.0 Å². The second-order valence-corrected chi connectivity index (χ2v) is 10.5. The van der Waals surface area contributed by atoms with Crippen molar-refractivity contribution in [2.24, 2.45) is 4.99 Å². The summed E-state index contributed by atoms with van der Waals surface area (Å²) in [6.07, 6.45) is 3.73. The number of ether oxygens (including phenoxy) is 3. The third kappa shape index (κ3) is 6.21. The largest absolute Gasteiger partial charge is 0.494 e. The molecule has 2 heterocycles. The Balaban J connectivity index is 1.81. The molecule has 2 aromatic carbocycles. The molecule has 0 aliphatic carbocycles. The quantitative estimate of drug-likeness (QED) is 0.254. The third-order valence-corrected chi connectivity index (χ3v) is 7.69. The molecular weight excluding hydrogens is 547 g/mol. The van der Waals surface area contributed by atoms with E-state index in [9.17, 15) is 9.59 Å². The van der Waals surface area contributed by atoms with Gasteiger partial charge in [0.2, 0.25) is 0 Å². The average molecular weight is 576 g/mol. The summed E-state index contributed by atoms with van der Waals surface area (Å²) in [5.41, 5.74) is 1.98. The van der Waals surface area contributed by atoms with E-state index in [-0.39, 0.29) is 18.8 Å². The number of unbranched alkanes of at least 4 members (excludes halogenated alkanes) is 1. The van der Waals surface area contributed by atoms with E-state index in [0.29, 0.717) is 37.3 Å². The van der Waals surface area contributed by atoms with Gasteiger partial charge in [0, 0.05) is 7.11 Å². The first-order valence-electron chi connectivity index (χ1n) is 12.2. The van der Waals surface area contributed by atoms with E-state index < -0.39 is 12.0 Å². The molecule has 7 nitrogen and oxygen atoms in total. The Hall–Kier alpha value is -2.91. The average Bonchev–Trinajstić information content (AvgIpc) is 3.20. The molecule has 0 amide bonds. The van der Waals surface area contributed by atoms with Crippen molar-refractivity contribution < 1.29 is 19.0 Å². The van der Waals surface area contributed by atoms with Gasteiger partial charge in [0.15, 0.2) is 4.80 Å². The lowest BCUT2D eigenvalue weighted by Crippen LogP contribution is -2.40. The monoisotopic (exact) mass is 574 g/mol. The first-order valence-corrected chi connectivity index (χ1v) is 13.8. The van der Waals surface area contributed by atoms with Gasteiger partial charge in [0.05, 0.1) is 45.1 Å². The van der Waals surface area contributed by atoms with E-state index in [0.717, 1.165) is 29.7 Å². The van der Waals surface area contributed by atoms with Gasteiger partial charge in [0.25, 0.3) is 5.56 Å². The molecule has 10 heteroatoms. The first-order chi connectivity index (χ1) is 18.3. The Morgan fingerprint density at radius 2 is 1.87 bits per heavy atom. The molecule has 0 saturated heterocycles. The molecule has 1 aliphatic rings. The van der Waals surface area contributed by atoms with Crippen LogP contribution in [0.5, 0.6) is 5.75 Å². The molecule has 0 spiro atoms. The number of halogens is 2. The van der Waals surface area contributed by atoms with Gasteiger partial charge in [-0.15, -0.1) is 0 Å². The second kappa shape index (κ2) is 12.8. The number of aromatic nitrogens is 1. The second-order valence-electron chi connectivity index (χ2n) is 8.66. The SMILES string of the molecule is CCCCOc1ccc(C2C(C(=O)OCCOC)=C(C)N=c3s/c(=C\c4ccc(Cl)c(Cl)c4)c(=O)n32)cc1. The number of benzene rings is 2. The molecule has 0 saturated carbocycles. The van der Waals surface area contributed by atoms with Crippen LogP contribution >= 0.6 is 34.5 Å². The lowest BCUT2D eigenvalue weighted by atomic mass is 9.96. The van der Waals surface area contributed by atoms with Crippen LogP contribution in [-0.2, 0) is 14.3 Å². The van der Waals surface area contributed by atoms with Crippen molar-refractivity contribution in [3.05, 3.63) is 94.6 Å². The van der Waals surface area contributed by atoms with Gasteiger partial charge in [-0.3, -0.25) is 9.36 Å². The highest BCUT2D eigenvalue weighted by Crippen LogP contribution is 2.32. The van der Waals surface area contributed by atoms with Crippen molar-refractivity contribution in [2.45, 2.75) is 32.7 Å². The number of carbonyl (C=O) groups is 1. The van der Waals surface area contributed by atoms with Crippen LogP contribution in [0, 0.1) is 0 Å². The van der Waals surface area contributed by atoms with Gasteiger partial charge in [-0.25, -0.2) is 9.79 Å². The first kappa shape index (κ1) is 28.1. The van der Waals surface area contributed by atoms with E-state index in [1.54, 1.807) is 35.8 Å². The van der Waals surface area contributed by atoms with Crippen LogP contribution in [0.3, 0.4) is 0 Å². The van der Waals surface area contributed by atoms with Gasteiger partial charge in [0.1, 0.15) is 12.4 Å². The van der Waals surface area contributed by atoms with E-state index >= 15 is 0 Å². The highest BCUT2D eigenvalue weighted by molar-refractivity contribution is 7.07. The van der Waals surface area contributed by atoms with E-state index in [1.807, 2.05) is 24.3 Å². The normalized spacial score (nSPS) is 15.3. The Morgan fingerprint density at radius 3 is 2.55 bits per heavy atom. The summed E-state index contributed by atoms with van der Waals surface area (Å²) in [5, 5.41) is 0.823. The van der Waals surface area contributed by atoms with Crippen LogP contribution in [0.1, 0.15) is 43.9 Å². The van der Waals surface area contributed by atoms with Gasteiger partial charge in [-0.1, -0.05) is 66.1 Å². The number of thiazole rings is 1. The minimum Gasteiger partial charge on any atom is -0.494 e. The van der Waals surface area contributed by atoms with E-state index in [4.69, 9.17) is 37.4 Å². The highest BCUT2D eigenvalue weighted by atomic mass is 35.5. The number of esters is 1. The minimum absolute atomic E-state index is 0.0881. The van der Waals surface area contributed by atoms with Crippen molar-refractivity contribution >= 4 is 46.6 Å². The Bertz CT molecular complexity index is 1530. The number of rotatable bonds is 10. The summed E-state index contributed by atoms with van der Waals surface area (Å²) in [6, 6.07) is 11.9. The summed E-state index contributed by atoms with van der Waals surface area (Å²) in [7, 11) is 1.53. The van der Waals surface area contributed by atoms with Crippen LogP contribution in [0.15, 0.2) is 63.5 Å². The summed E-state index contributed by atoms with van der Waals surface area (Å²) in [4.78, 5) is 32.1. The van der Waals surface area contributed by atoms with E-state index in [2.05, 4.69) is 11.9 Å². The highest BCUT2D eigenvalue weighted by Gasteiger charge is 2.33. The van der Waals surface area contributed by atoms with Crippen molar-refractivity contribution in [1.82, 2.24) is 4.57 Å². The number of hydrogen-bond donors (Lipinski definition) is 0. The topological polar surface area (TPSA) is 79.1 Å². The van der Waals surface area contributed by atoms with Crippen molar-refractivity contribution in [3.8, 4) is 5.75 Å². The molecule has 0 fully saturated rings. The molecule has 0 bridgehead atoms. The maximum atomic E-state index is 13.7. The fourth-order valence-corrected chi connectivity index (χ4v) is 5.38. The summed E-state index contributed by atoms with van der Waals surface area (Å²) < 4.78 is 18.3. The third-order valence-electron chi connectivity index (χ3n) is 5.97. The zero-order chi connectivity index (χ0) is 27.2. The zero-order valence-electron chi connectivity index (χ0n) is 21.3. The lowest BCUT2D eigenvalue weighted by Gasteiger charge is -2.25. The number of fused-ring (bicyclic) bond motifs is 1. The predicted molar refractivity (Wildman–Crippen MR) is 150 cm³/mol. The molecular formula is C28H28Cl2N2O5S. The summed E-state index contributed by atoms with van der Waals surface area (Å²) in [6.45, 7) is 4.82. The predicted octanol–water partition coefficient (Wildman–Crippen LogP) is 4.91. The van der Waals surface area contributed by atoms with Crippen LogP contribution in [0.4, 0.5) is 0 Å². The fraction of sp³-hybridized carbons (Fsp3) is 0.321. The minimum atomic E-state index is -0.720. The standard InChI is InChI=1S/C28H28Cl2N2O5S/c1-4-5-12-36-20-9-7-19(8-10-20)25-24(27(34)37-14-13-35-3)17(2)31-28-32(25)26(33)23(38-28)16-18-6-11-21(29)22(30)15-18/h6-11,15-16,25H,4-5,12-14H2,1-3H3/b23-16-.